The molecule has 1 unspecified atom stereocenters. The molecular weight excluding hydrogens is 738 g/mol. The number of anilines is 1. The smallest absolute Gasteiger partial charge is 0.405 e. The Bertz CT molecular complexity index is 1980. The number of carbonyl (C=O) groups is 2. The number of benzene rings is 3. The number of amides is 2. The molecule has 1 aliphatic heterocycles. The van der Waals surface area contributed by atoms with Gasteiger partial charge in [0.25, 0.3) is 14.2 Å². The lowest BCUT2D eigenvalue weighted by molar-refractivity contribution is -0.173. The number of carbonyl (C=O) groups excluding carboxylic acids is 2. The second-order valence-corrected chi connectivity index (χ2v) is 18.6. The molecule has 54 heavy (non-hydrogen) atoms. The number of aromatic nitrogens is 2. The maximum Gasteiger partial charge on any atom is 0.471 e. The van der Waals surface area contributed by atoms with Crippen molar-refractivity contribution in [3.8, 4) is 11.8 Å². The largest absolute Gasteiger partial charge is 0.471 e. The lowest BCUT2D eigenvalue weighted by Crippen LogP contribution is -2.67. The summed E-state index contributed by atoms with van der Waals surface area (Å²) in [5.41, 5.74) is -0.481. The predicted octanol–water partition coefficient (Wildman–Crippen LogP) is 5.10. The van der Waals surface area contributed by atoms with Crippen molar-refractivity contribution >= 4 is 48.1 Å². The summed E-state index contributed by atoms with van der Waals surface area (Å²) in [7, 11) is -2.97. The Morgan fingerprint density at radius 1 is 0.981 bits per heavy atom. The van der Waals surface area contributed by atoms with Gasteiger partial charge in [-0.25, -0.2) is 4.79 Å². The number of thioether (sulfide) groups is 1. The normalized spacial score (nSPS) is 17.4. The van der Waals surface area contributed by atoms with E-state index in [1.807, 2.05) is 42.7 Å². The highest BCUT2D eigenvalue weighted by molar-refractivity contribution is 7.98. The van der Waals surface area contributed by atoms with Gasteiger partial charge in [-0.15, -0.1) is 11.8 Å². The van der Waals surface area contributed by atoms with Gasteiger partial charge in [0.15, 0.2) is 5.82 Å². The first-order chi connectivity index (χ1) is 25.7. The highest BCUT2D eigenvalue weighted by atomic mass is 32.2. The lowest BCUT2D eigenvalue weighted by Gasteiger charge is -2.43. The standard InChI is InChI=1S/C39H41F3N4O6SSi/c1-38(2,3)54(29-18-10-6-11-19-29,30-20-12-7-13-21-30)51-25-32-31(50-26-53-4)23-33(52-32)46-24-28(17-14-22-43-36(48)39(40,41)42)34(45-37(46)49)44-35(47)27-15-8-5-9-16-27/h5-13,15-16,18-21,24,31-33H,22-23,25-26H2,1-4H3,(H,43,48)(H,44,45,47,49)/t31?,32-,33-/m1/s1. The van der Waals surface area contributed by atoms with Crippen LogP contribution in [0.1, 0.15) is 49.3 Å². The zero-order valence-electron chi connectivity index (χ0n) is 30.2. The monoisotopic (exact) mass is 778 g/mol. The Kier molecular flexibility index (Phi) is 13.2. The van der Waals surface area contributed by atoms with Crippen molar-refractivity contribution in [2.45, 2.75) is 56.8 Å². The zero-order chi connectivity index (χ0) is 38.9. The molecular formula is C39H41F3N4O6SSi. The summed E-state index contributed by atoms with van der Waals surface area (Å²) in [5.74, 6) is 2.50. The Morgan fingerprint density at radius 2 is 1.57 bits per heavy atom. The van der Waals surface area contributed by atoms with Crippen LogP contribution in [0.2, 0.25) is 5.04 Å². The number of alkyl halides is 3. The zero-order valence-corrected chi connectivity index (χ0v) is 32.0. The fraction of sp³-hybridized carbons (Fsp3) is 0.333. The summed E-state index contributed by atoms with van der Waals surface area (Å²) in [6.45, 7) is 5.98. The second kappa shape index (κ2) is 17.6. The third-order valence-electron chi connectivity index (χ3n) is 8.81. The SMILES string of the molecule is CSCOC1C[C@H](n2cc(C#CCNC(=O)C(F)(F)F)c(NC(=O)c3ccccc3)nc2=O)O[C@@H]1CO[Si](c1ccccc1)(c1ccccc1)C(C)(C)C. The molecule has 284 valence electrons. The molecule has 4 aromatic rings. The van der Waals surface area contributed by atoms with Crippen LogP contribution < -0.4 is 26.7 Å². The third-order valence-corrected chi connectivity index (χ3v) is 14.2. The van der Waals surface area contributed by atoms with E-state index < -0.39 is 57.0 Å². The van der Waals surface area contributed by atoms with Crippen LogP contribution in [0.25, 0.3) is 0 Å². The van der Waals surface area contributed by atoms with Gasteiger partial charge in [0.1, 0.15) is 12.3 Å². The molecule has 1 fully saturated rings. The summed E-state index contributed by atoms with van der Waals surface area (Å²) in [6.07, 6.45) is -3.61. The van der Waals surface area contributed by atoms with Gasteiger partial charge in [0, 0.05) is 18.2 Å². The van der Waals surface area contributed by atoms with Gasteiger partial charge in [-0.1, -0.05) is 111 Å². The summed E-state index contributed by atoms with van der Waals surface area (Å²) in [6, 6.07) is 28.4. The van der Waals surface area contributed by atoms with Crippen LogP contribution in [0, 0.1) is 11.8 Å². The topological polar surface area (TPSA) is 121 Å². The van der Waals surface area contributed by atoms with Crippen molar-refractivity contribution in [3.63, 3.8) is 0 Å². The van der Waals surface area contributed by atoms with Crippen LogP contribution in [0.5, 0.6) is 0 Å². The van der Waals surface area contributed by atoms with E-state index >= 15 is 0 Å². The fourth-order valence-corrected chi connectivity index (χ4v) is 11.2. The fourth-order valence-electron chi connectivity index (χ4n) is 6.32. The Balaban J connectivity index is 1.48. The Labute approximate surface area is 316 Å². The van der Waals surface area contributed by atoms with E-state index in [1.54, 1.807) is 35.6 Å². The van der Waals surface area contributed by atoms with Gasteiger partial charge < -0.3 is 24.5 Å². The molecule has 0 saturated carbocycles. The number of rotatable bonds is 12. The van der Waals surface area contributed by atoms with Crippen LogP contribution in [-0.4, -0.2) is 73.4 Å². The van der Waals surface area contributed by atoms with Crippen molar-refractivity contribution < 1.29 is 36.7 Å². The van der Waals surface area contributed by atoms with Crippen LogP contribution in [0.4, 0.5) is 19.0 Å². The van der Waals surface area contributed by atoms with Gasteiger partial charge >= 0.3 is 17.8 Å². The minimum atomic E-state index is -5.09. The summed E-state index contributed by atoms with van der Waals surface area (Å²) < 4.78 is 59.3. The molecule has 15 heteroatoms. The first-order valence-electron chi connectivity index (χ1n) is 17.1. The number of hydrogen-bond acceptors (Lipinski definition) is 8. The van der Waals surface area contributed by atoms with Crippen LogP contribution in [0.3, 0.4) is 0 Å². The van der Waals surface area contributed by atoms with Gasteiger partial charge in [0.2, 0.25) is 0 Å². The summed E-state index contributed by atoms with van der Waals surface area (Å²) in [4.78, 5) is 42.0. The maximum absolute atomic E-state index is 13.6. The van der Waals surface area contributed by atoms with E-state index in [9.17, 15) is 27.6 Å². The number of ether oxygens (including phenoxy) is 2. The number of halogens is 3. The molecule has 1 aromatic heterocycles. The van der Waals surface area contributed by atoms with E-state index in [1.165, 1.54) is 22.5 Å². The highest BCUT2D eigenvalue weighted by Crippen LogP contribution is 2.38. The van der Waals surface area contributed by atoms with Crippen molar-refractivity contribution in [3.05, 3.63) is 119 Å². The molecule has 2 N–H and O–H groups in total. The van der Waals surface area contributed by atoms with Crippen molar-refractivity contribution in [2.75, 3.05) is 30.7 Å². The average Bonchev–Trinajstić information content (AvgIpc) is 3.56. The van der Waals surface area contributed by atoms with Gasteiger partial charge in [-0.05, 0) is 33.8 Å². The van der Waals surface area contributed by atoms with Crippen molar-refractivity contribution in [2.24, 2.45) is 0 Å². The lowest BCUT2D eigenvalue weighted by atomic mass is 10.2. The quantitative estimate of drug-likeness (QED) is 0.116. The Morgan fingerprint density at radius 3 is 2.13 bits per heavy atom. The Hall–Kier alpha value is -4.72. The molecule has 5 rings (SSSR count). The molecule has 3 aromatic carbocycles. The summed E-state index contributed by atoms with van der Waals surface area (Å²) in [5, 5.41) is 6.12. The third kappa shape index (κ3) is 9.49. The predicted molar refractivity (Wildman–Crippen MR) is 204 cm³/mol. The second-order valence-electron chi connectivity index (χ2n) is 13.4. The van der Waals surface area contributed by atoms with E-state index in [2.05, 4.69) is 67.2 Å². The minimum Gasteiger partial charge on any atom is -0.405 e. The summed E-state index contributed by atoms with van der Waals surface area (Å²) >= 11 is 1.49. The van der Waals surface area contributed by atoms with Gasteiger partial charge in [-0.3, -0.25) is 14.2 Å². The van der Waals surface area contributed by atoms with Crippen LogP contribution in [-0.2, 0) is 18.7 Å². The molecule has 0 spiro atoms. The molecule has 0 radical (unpaired) electrons. The first-order valence-corrected chi connectivity index (χ1v) is 20.4. The maximum atomic E-state index is 13.6. The molecule has 3 atom stereocenters. The first kappa shape index (κ1) is 40.5. The highest BCUT2D eigenvalue weighted by Gasteiger charge is 2.51. The molecule has 0 bridgehead atoms. The van der Waals surface area contributed by atoms with E-state index in [0.29, 0.717) is 5.94 Å². The molecule has 2 amide bonds. The average molecular weight is 779 g/mol. The number of nitrogens with one attached hydrogen (secondary N) is 2. The van der Waals surface area contributed by atoms with E-state index in [0.717, 1.165) is 10.4 Å². The molecule has 1 saturated heterocycles. The van der Waals surface area contributed by atoms with Crippen LogP contribution in [0.15, 0.2) is 102 Å². The van der Waals surface area contributed by atoms with Crippen molar-refractivity contribution in [1.82, 2.24) is 14.9 Å². The minimum absolute atomic E-state index is 0.0114. The number of nitrogens with zero attached hydrogens (tertiary/aromatic N) is 2. The number of hydrogen-bond donors (Lipinski definition) is 2. The van der Waals surface area contributed by atoms with Crippen molar-refractivity contribution in [1.29, 1.82) is 0 Å². The van der Waals surface area contributed by atoms with Gasteiger partial charge in [-0.2, -0.15) is 18.2 Å². The molecule has 1 aliphatic rings. The van der Waals surface area contributed by atoms with Crippen LogP contribution >= 0.6 is 11.8 Å². The van der Waals surface area contributed by atoms with E-state index in [4.69, 9.17) is 13.9 Å². The molecule has 2 heterocycles. The molecule has 10 nitrogen and oxygen atoms in total. The van der Waals surface area contributed by atoms with Gasteiger partial charge in [0.05, 0.1) is 30.8 Å². The molecule has 0 aliphatic carbocycles. The van der Waals surface area contributed by atoms with E-state index in [-0.39, 0.29) is 35.0 Å².